The molecule has 1 fully saturated rings. The Kier molecular flexibility index (Phi) is 9.80. The first-order chi connectivity index (χ1) is 28.5. The normalized spacial score (nSPS) is 23.5. The van der Waals surface area contributed by atoms with Gasteiger partial charge in [0.25, 0.3) is 11.8 Å². The van der Waals surface area contributed by atoms with Crippen molar-refractivity contribution in [1.29, 1.82) is 0 Å². The second-order valence-corrected chi connectivity index (χ2v) is 16.8. The summed E-state index contributed by atoms with van der Waals surface area (Å²) in [5.74, 6) is 0.252. The highest BCUT2D eigenvalue weighted by Gasteiger charge is 2.66. The minimum Gasteiger partial charge on any atom is -0.497 e. The molecule has 10 heteroatoms. The second-order valence-electron chi connectivity index (χ2n) is 16.8. The molecule has 0 aliphatic carbocycles. The number of fused-ring (bicyclic) bond motifs is 4. The van der Waals surface area contributed by atoms with E-state index >= 15 is 4.79 Å². The lowest BCUT2D eigenvalue weighted by molar-refractivity contribution is -0.151. The Labute approximate surface area is 344 Å². The van der Waals surface area contributed by atoms with Crippen LogP contribution in [-0.4, -0.2) is 60.2 Å². The number of para-hydroxylation sites is 3. The maximum atomic E-state index is 15.4. The lowest BCUT2D eigenvalue weighted by Crippen LogP contribution is -2.48. The van der Waals surface area contributed by atoms with E-state index in [4.69, 9.17) is 14.2 Å². The van der Waals surface area contributed by atoms with Crippen molar-refractivity contribution in [3.63, 3.8) is 0 Å². The van der Waals surface area contributed by atoms with Gasteiger partial charge in [-0.3, -0.25) is 19.3 Å². The molecule has 302 valence electrons. The van der Waals surface area contributed by atoms with E-state index in [-0.39, 0.29) is 61.8 Å². The molecule has 0 radical (unpaired) electrons. The van der Waals surface area contributed by atoms with Crippen molar-refractivity contribution in [2.45, 2.75) is 69.9 Å². The van der Waals surface area contributed by atoms with Gasteiger partial charge in [-0.2, -0.15) is 0 Å². The van der Waals surface area contributed by atoms with Gasteiger partial charge < -0.3 is 29.1 Å². The van der Waals surface area contributed by atoms with Crippen LogP contribution < -0.4 is 19.3 Å². The third kappa shape index (κ3) is 6.37. The predicted molar refractivity (Wildman–Crippen MR) is 225 cm³/mol. The average molecular weight is 792 g/mol. The Morgan fingerprint density at radius 3 is 2.36 bits per heavy atom. The molecular weight excluding hydrogens is 743 g/mol. The van der Waals surface area contributed by atoms with Crippen molar-refractivity contribution in [1.82, 2.24) is 4.90 Å². The summed E-state index contributed by atoms with van der Waals surface area (Å²) in [7, 11) is 1.64. The van der Waals surface area contributed by atoms with E-state index in [1.165, 1.54) is 0 Å². The maximum Gasteiger partial charge on any atom is 0.269 e. The van der Waals surface area contributed by atoms with E-state index in [0.717, 1.165) is 39.3 Å². The van der Waals surface area contributed by atoms with Crippen molar-refractivity contribution in [2.75, 3.05) is 30.1 Å². The van der Waals surface area contributed by atoms with Crippen LogP contribution in [0.1, 0.15) is 55.0 Å². The molecule has 1 saturated heterocycles. The zero-order valence-electron chi connectivity index (χ0n) is 33.8. The number of rotatable bonds is 9. The summed E-state index contributed by atoms with van der Waals surface area (Å²) >= 11 is 0. The Bertz CT molecular complexity index is 2430. The smallest absolute Gasteiger partial charge is 0.269 e. The third-order valence-corrected chi connectivity index (χ3v) is 13.2. The summed E-state index contributed by atoms with van der Waals surface area (Å²) in [6.07, 6.45) is -0.0281. The standard InChI is InChI=1S/C49H49N3O7/c1-31-46(48(2,3)35-20-22-38(57-4)23-21-35)43(26-44(54)50-28-34-14-6-5-13-33(34)25-37(50)29-53)59-49(31)39-16-7-8-17-40(39)51(47(49)56)27-32-12-11-15-36(24-32)52-41-18-9-10-19-42(41)58-30-45(52)55/h5-24,31,37,43,46,53H,25-30H2,1-4H3/t31-,37+,43+,46-,49+/m1/s1. The van der Waals surface area contributed by atoms with Crippen LogP contribution in [0.4, 0.5) is 17.1 Å². The van der Waals surface area contributed by atoms with Crippen LogP contribution in [0.3, 0.4) is 0 Å². The molecule has 0 unspecified atom stereocenters. The van der Waals surface area contributed by atoms with Gasteiger partial charge in [0.05, 0.1) is 50.2 Å². The van der Waals surface area contributed by atoms with Crippen LogP contribution in [0.25, 0.3) is 0 Å². The zero-order chi connectivity index (χ0) is 41.1. The van der Waals surface area contributed by atoms with Gasteiger partial charge in [0.15, 0.2) is 12.2 Å². The molecule has 4 aliphatic rings. The van der Waals surface area contributed by atoms with Gasteiger partial charge in [0.1, 0.15) is 11.5 Å². The number of carbonyl (C=O) groups excluding carboxylic acids is 3. The number of hydrogen-bond donors (Lipinski definition) is 1. The number of aliphatic hydroxyl groups is 1. The molecule has 0 aromatic heterocycles. The molecule has 1 N–H and O–H groups in total. The van der Waals surface area contributed by atoms with Crippen LogP contribution in [0.5, 0.6) is 11.5 Å². The molecule has 0 saturated carbocycles. The molecule has 10 nitrogen and oxygen atoms in total. The molecule has 3 amide bonds. The first-order valence-electron chi connectivity index (χ1n) is 20.4. The van der Waals surface area contributed by atoms with E-state index in [1.54, 1.807) is 21.8 Å². The summed E-state index contributed by atoms with van der Waals surface area (Å²) in [5.41, 5.74) is 5.04. The van der Waals surface area contributed by atoms with Crippen molar-refractivity contribution in [3.8, 4) is 11.5 Å². The number of hydrogen-bond acceptors (Lipinski definition) is 7. The highest BCUT2D eigenvalue weighted by molar-refractivity contribution is 6.08. The Morgan fingerprint density at radius 1 is 0.881 bits per heavy atom. The second kappa shape index (κ2) is 15.0. The van der Waals surface area contributed by atoms with E-state index < -0.39 is 17.1 Å². The van der Waals surface area contributed by atoms with Crippen LogP contribution in [-0.2, 0) is 49.6 Å². The van der Waals surface area contributed by atoms with Crippen LogP contribution in [0, 0.1) is 11.8 Å². The molecule has 9 rings (SSSR count). The first kappa shape index (κ1) is 38.5. The van der Waals surface area contributed by atoms with Crippen molar-refractivity contribution < 1.29 is 33.7 Å². The average Bonchev–Trinajstić information content (AvgIpc) is 3.68. The van der Waals surface area contributed by atoms with Crippen LogP contribution in [0.2, 0.25) is 0 Å². The minimum atomic E-state index is -1.38. The fourth-order valence-corrected chi connectivity index (χ4v) is 10.3. The van der Waals surface area contributed by atoms with Crippen molar-refractivity contribution >= 4 is 34.8 Å². The van der Waals surface area contributed by atoms with Crippen molar-refractivity contribution in [2.24, 2.45) is 11.8 Å². The summed E-state index contributed by atoms with van der Waals surface area (Å²) in [4.78, 5) is 48.6. The lowest BCUT2D eigenvalue weighted by Gasteiger charge is -2.40. The largest absolute Gasteiger partial charge is 0.497 e. The summed E-state index contributed by atoms with van der Waals surface area (Å²) in [6, 6.07) is 38.7. The molecule has 1 spiro atoms. The van der Waals surface area contributed by atoms with Gasteiger partial charge >= 0.3 is 0 Å². The number of anilines is 3. The maximum absolute atomic E-state index is 15.4. The molecular formula is C49H49N3O7. The van der Waals surface area contributed by atoms with E-state index in [2.05, 4.69) is 39.0 Å². The number of methoxy groups -OCH3 is 1. The number of amides is 3. The molecule has 59 heavy (non-hydrogen) atoms. The van der Waals surface area contributed by atoms with Crippen LogP contribution >= 0.6 is 0 Å². The molecule has 5 aromatic rings. The minimum absolute atomic E-state index is 0.0432. The SMILES string of the molecule is COc1ccc(C(C)(C)[C@H]2[C@H](CC(=O)N3Cc4ccccc4C[C@H]3CO)O[C@@]3(C(=O)N(Cc4cccc(N5C(=O)COc6ccccc65)c4)c4ccccc43)[C@@H]2C)cc1. The molecule has 4 aliphatic heterocycles. The van der Waals surface area contributed by atoms with Gasteiger partial charge in [0.2, 0.25) is 5.91 Å². The highest BCUT2D eigenvalue weighted by atomic mass is 16.5. The van der Waals surface area contributed by atoms with Gasteiger partial charge in [-0.1, -0.05) is 99.6 Å². The number of carbonyl (C=O) groups is 3. The van der Waals surface area contributed by atoms with E-state index in [0.29, 0.717) is 30.1 Å². The third-order valence-electron chi connectivity index (χ3n) is 13.2. The first-order valence-corrected chi connectivity index (χ1v) is 20.4. The summed E-state index contributed by atoms with van der Waals surface area (Å²) in [6.45, 7) is 6.85. The van der Waals surface area contributed by atoms with Gasteiger partial charge in [-0.05, 0) is 76.6 Å². The molecule has 5 atom stereocenters. The van der Waals surface area contributed by atoms with Crippen LogP contribution in [0.15, 0.2) is 121 Å². The van der Waals surface area contributed by atoms with Crippen molar-refractivity contribution in [3.05, 3.63) is 149 Å². The topological polar surface area (TPSA) is 109 Å². The Balaban J connectivity index is 1.08. The number of aliphatic hydroxyl groups excluding tert-OH is 1. The Hall–Kier alpha value is -5.97. The van der Waals surface area contributed by atoms with Gasteiger partial charge in [-0.15, -0.1) is 0 Å². The number of benzene rings is 5. The van der Waals surface area contributed by atoms with E-state index in [9.17, 15) is 14.7 Å². The Morgan fingerprint density at radius 2 is 1.59 bits per heavy atom. The fourth-order valence-electron chi connectivity index (χ4n) is 10.3. The summed E-state index contributed by atoms with van der Waals surface area (Å²) < 4.78 is 18.5. The highest BCUT2D eigenvalue weighted by Crippen LogP contribution is 2.60. The monoisotopic (exact) mass is 791 g/mol. The van der Waals surface area contributed by atoms with Gasteiger partial charge in [-0.25, -0.2) is 0 Å². The molecule has 0 bridgehead atoms. The molecule has 5 aromatic carbocycles. The summed E-state index contributed by atoms with van der Waals surface area (Å²) in [5, 5.41) is 10.5. The number of nitrogens with zero attached hydrogens (tertiary/aromatic N) is 3. The lowest BCUT2D eigenvalue weighted by atomic mass is 9.63. The van der Waals surface area contributed by atoms with E-state index in [1.807, 2.05) is 103 Å². The van der Waals surface area contributed by atoms with Gasteiger partial charge in [0, 0.05) is 29.6 Å². The quantitative estimate of drug-likeness (QED) is 0.165. The predicted octanol–water partition coefficient (Wildman–Crippen LogP) is 7.46. The fraction of sp³-hybridized carbons (Fsp3) is 0.327. The molecule has 4 heterocycles. The zero-order valence-corrected chi connectivity index (χ0v) is 33.8. The number of ether oxygens (including phenoxy) is 3.